The molecule has 0 aliphatic rings. The van der Waals surface area contributed by atoms with Crippen LogP contribution in [-0.4, -0.2) is 22.6 Å². The molecule has 0 bridgehead atoms. The lowest BCUT2D eigenvalue weighted by Gasteiger charge is -2.16. The van der Waals surface area contributed by atoms with Crippen molar-refractivity contribution in [2.45, 2.75) is 40.7 Å². The third-order valence-corrected chi connectivity index (χ3v) is 4.92. The minimum absolute atomic E-state index is 0.218. The second-order valence-corrected chi connectivity index (χ2v) is 7.48. The molecule has 6 nitrogen and oxygen atoms in total. The van der Waals surface area contributed by atoms with Gasteiger partial charge in [0.15, 0.2) is 6.10 Å². The molecule has 2 amide bonds. The summed E-state index contributed by atoms with van der Waals surface area (Å²) < 4.78 is 7.48. The number of amides is 2. The van der Waals surface area contributed by atoms with Gasteiger partial charge in [0.1, 0.15) is 5.75 Å². The fourth-order valence-corrected chi connectivity index (χ4v) is 3.14. The van der Waals surface area contributed by atoms with Crippen molar-refractivity contribution in [1.82, 2.24) is 4.68 Å². The van der Waals surface area contributed by atoms with Crippen LogP contribution >= 0.6 is 0 Å². The van der Waals surface area contributed by atoms with Gasteiger partial charge in [-0.1, -0.05) is 17.7 Å². The number of rotatable bonds is 6. The van der Waals surface area contributed by atoms with Crippen molar-refractivity contribution in [2.75, 3.05) is 10.7 Å². The Kier molecular flexibility index (Phi) is 6.26. The molecule has 0 saturated carbocycles. The molecule has 3 rings (SSSR count). The molecule has 0 radical (unpaired) electrons. The molecule has 2 aromatic carbocycles. The quantitative estimate of drug-likeness (QED) is 0.634. The van der Waals surface area contributed by atoms with Crippen LogP contribution in [0.2, 0.25) is 0 Å². The molecule has 1 aromatic heterocycles. The average molecular weight is 405 g/mol. The van der Waals surface area contributed by atoms with Crippen LogP contribution in [0.5, 0.6) is 5.75 Å². The number of aromatic nitrogens is 1. The summed E-state index contributed by atoms with van der Waals surface area (Å²) >= 11 is 0. The van der Waals surface area contributed by atoms with Crippen LogP contribution in [0.3, 0.4) is 0 Å². The normalized spacial score (nSPS) is 11.6. The molecule has 1 heterocycles. The lowest BCUT2D eigenvalue weighted by atomic mass is 10.1. The van der Waals surface area contributed by atoms with Gasteiger partial charge in [0.25, 0.3) is 11.8 Å². The van der Waals surface area contributed by atoms with Crippen molar-refractivity contribution in [2.24, 2.45) is 0 Å². The predicted octanol–water partition coefficient (Wildman–Crippen LogP) is 4.51. The van der Waals surface area contributed by atoms with Gasteiger partial charge in [-0.25, -0.2) is 0 Å². The van der Waals surface area contributed by atoms with Gasteiger partial charge in [0, 0.05) is 22.6 Å². The minimum atomic E-state index is -0.685. The summed E-state index contributed by atoms with van der Waals surface area (Å²) in [4.78, 5) is 24.9. The number of carbonyl (C=O) groups excluding carboxylic acids is 2. The molecule has 156 valence electrons. The van der Waals surface area contributed by atoms with E-state index in [0.717, 1.165) is 28.2 Å². The summed E-state index contributed by atoms with van der Waals surface area (Å²) in [6.45, 7) is 9.50. The largest absolute Gasteiger partial charge is 0.481 e. The molecular formula is C24H27N3O3. The highest BCUT2D eigenvalue weighted by Gasteiger charge is 2.16. The molecule has 0 fully saturated rings. The zero-order chi connectivity index (χ0) is 21.8. The highest BCUT2D eigenvalue weighted by molar-refractivity contribution is 6.00. The van der Waals surface area contributed by atoms with Gasteiger partial charge in [0.2, 0.25) is 0 Å². The maximum atomic E-state index is 12.5. The average Bonchev–Trinajstić information content (AvgIpc) is 3.02. The molecule has 2 N–H and O–H groups in total. The van der Waals surface area contributed by atoms with Gasteiger partial charge in [-0.2, -0.15) is 0 Å². The Hall–Kier alpha value is -3.54. The van der Waals surface area contributed by atoms with Gasteiger partial charge >= 0.3 is 0 Å². The van der Waals surface area contributed by atoms with E-state index in [2.05, 4.69) is 10.7 Å². The number of nitrogens with one attached hydrogen (secondary N) is 2. The van der Waals surface area contributed by atoms with E-state index in [1.54, 1.807) is 35.9 Å². The number of benzene rings is 2. The summed E-state index contributed by atoms with van der Waals surface area (Å²) in [6, 6.07) is 16.5. The van der Waals surface area contributed by atoms with E-state index in [4.69, 9.17) is 4.74 Å². The SMILES string of the molecule is Cc1ccc(NC(=O)C(C)Oc2ccc(C(=O)Nn3c(C)ccc3C)cc2)c(C)c1. The van der Waals surface area contributed by atoms with Crippen molar-refractivity contribution >= 4 is 17.5 Å². The Balaban J connectivity index is 1.60. The second kappa shape index (κ2) is 8.86. The second-order valence-electron chi connectivity index (χ2n) is 7.48. The molecule has 0 aliphatic carbocycles. The molecule has 1 atom stereocenters. The molecule has 0 saturated heterocycles. The summed E-state index contributed by atoms with van der Waals surface area (Å²) in [7, 11) is 0. The predicted molar refractivity (Wildman–Crippen MR) is 119 cm³/mol. The van der Waals surface area contributed by atoms with Crippen molar-refractivity contribution < 1.29 is 14.3 Å². The molecular weight excluding hydrogens is 378 g/mol. The van der Waals surface area contributed by atoms with Crippen molar-refractivity contribution in [3.63, 3.8) is 0 Å². The van der Waals surface area contributed by atoms with E-state index in [9.17, 15) is 9.59 Å². The van der Waals surface area contributed by atoms with Crippen LogP contribution in [-0.2, 0) is 4.79 Å². The Morgan fingerprint density at radius 3 is 2.13 bits per heavy atom. The number of hydrogen-bond donors (Lipinski definition) is 2. The molecule has 0 spiro atoms. The van der Waals surface area contributed by atoms with Crippen LogP contribution in [0, 0.1) is 27.7 Å². The number of nitrogens with zero attached hydrogens (tertiary/aromatic N) is 1. The van der Waals surface area contributed by atoms with Gasteiger partial charge in [-0.05, 0) is 82.6 Å². The summed E-state index contributed by atoms with van der Waals surface area (Å²) in [5, 5.41) is 2.89. The first kappa shape index (κ1) is 21.2. The molecule has 0 aliphatic heterocycles. The van der Waals surface area contributed by atoms with E-state index < -0.39 is 6.10 Å². The van der Waals surface area contributed by atoms with Gasteiger partial charge in [0.05, 0.1) is 0 Å². The van der Waals surface area contributed by atoms with Crippen LogP contribution in [0.25, 0.3) is 0 Å². The standard InChI is InChI=1S/C24H27N3O3/c1-15-6-13-22(16(2)14-15)25-23(28)19(5)30-21-11-9-20(10-12-21)24(29)26-27-17(3)7-8-18(27)4/h6-14,19H,1-5H3,(H,25,28)(H,26,29). The molecule has 6 heteroatoms. The number of aryl methyl sites for hydroxylation is 4. The monoisotopic (exact) mass is 405 g/mol. The van der Waals surface area contributed by atoms with Crippen LogP contribution < -0.4 is 15.5 Å². The van der Waals surface area contributed by atoms with Gasteiger partial charge in [-0.15, -0.1) is 0 Å². The zero-order valence-electron chi connectivity index (χ0n) is 17.9. The van der Waals surface area contributed by atoms with Gasteiger partial charge < -0.3 is 10.1 Å². The van der Waals surface area contributed by atoms with E-state index in [0.29, 0.717) is 11.3 Å². The Morgan fingerprint density at radius 2 is 1.53 bits per heavy atom. The van der Waals surface area contributed by atoms with E-state index in [1.165, 1.54) is 0 Å². The fourth-order valence-electron chi connectivity index (χ4n) is 3.14. The first-order chi connectivity index (χ1) is 14.2. The Morgan fingerprint density at radius 1 is 0.900 bits per heavy atom. The molecule has 1 unspecified atom stereocenters. The van der Waals surface area contributed by atoms with E-state index >= 15 is 0 Å². The van der Waals surface area contributed by atoms with Crippen LogP contribution in [0.15, 0.2) is 54.6 Å². The number of hydrogen-bond acceptors (Lipinski definition) is 3. The number of anilines is 1. The summed E-state index contributed by atoms with van der Waals surface area (Å²) in [6.07, 6.45) is -0.685. The topological polar surface area (TPSA) is 72.4 Å². The number of ether oxygens (including phenoxy) is 1. The maximum Gasteiger partial charge on any atom is 0.270 e. The highest BCUT2D eigenvalue weighted by atomic mass is 16.5. The maximum absolute atomic E-state index is 12.5. The third kappa shape index (κ3) is 4.89. The Labute approximate surface area is 176 Å². The fraction of sp³-hybridized carbons (Fsp3) is 0.250. The van der Waals surface area contributed by atoms with Crippen LogP contribution in [0.1, 0.15) is 39.8 Å². The number of carbonyl (C=O) groups is 2. The van der Waals surface area contributed by atoms with E-state index in [-0.39, 0.29) is 11.8 Å². The van der Waals surface area contributed by atoms with Crippen molar-refractivity contribution in [1.29, 1.82) is 0 Å². The minimum Gasteiger partial charge on any atom is -0.481 e. The summed E-state index contributed by atoms with van der Waals surface area (Å²) in [5.41, 5.74) is 8.17. The lowest BCUT2D eigenvalue weighted by Crippen LogP contribution is -2.30. The Bertz CT molecular complexity index is 1050. The molecule has 3 aromatic rings. The van der Waals surface area contributed by atoms with E-state index in [1.807, 2.05) is 58.0 Å². The third-order valence-electron chi connectivity index (χ3n) is 4.92. The summed E-state index contributed by atoms with van der Waals surface area (Å²) in [5.74, 6) is 0.0649. The zero-order valence-corrected chi connectivity index (χ0v) is 17.9. The first-order valence-electron chi connectivity index (χ1n) is 9.86. The lowest BCUT2D eigenvalue weighted by molar-refractivity contribution is -0.122. The van der Waals surface area contributed by atoms with Crippen molar-refractivity contribution in [3.8, 4) is 5.75 Å². The first-order valence-corrected chi connectivity index (χ1v) is 9.86. The van der Waals surface area contributed by atoms with Crippen LogP contribution in [0.4, 0.5) is 5.69 Å². The van der Waals surface area contributed by atoms with Crippen molar-refractivity contribution in [3.05, 3.63) is 82.7 Å². The molecule has 30 heavy (non-hydrogen) atoms. The van der Waals surface area contributed by atoms with Gasteiger partial charge in [-0.3, -0.25) is 19.7 Å². The highest BCUT2D eigenvalue weighted by Crippen LogP contribution is 2.18. The smallest absolute Gasteiger partial charge is 0.270 e.